The fourth-order valence-corrected chi connectivity index (χ4v) is 4.04. The first kappa shape index (κ1) is 15.9. The average Bonchev–Trinajstić information content (AvgIpc) is 3.04. The van der Waals surface area contributed by atoms with E-state index in [1.54, 1.807) is 0 Å². The second-order valence-electron chi connectivity index (χ2n) is 7.24. The van der Waals surface area contributed by atoms with Crippen LogP contribution in [-0.2, 0) is 0 Å². The van der Waals surface area contributed by atoms with Gasteiger partial charge in [-0.1, -0.05) is 72.3 Å². The summed E-state index contributed by atoms with van der Waals surface area (Å²) in [5.41, 5.74) is 8.87. The molecule has 0 aliphatic carbocycles. The molecule has 0 spiro atoms. The van der Waals surface area contributed by atoms with Crippen molar-refractivity contribution in [2.24, 2.45) is 0 Å². The molecule has 0 saturated heterocycles. The molecular weight excluding hydrogens is 326 g/mol. The number of aryl methyl sites for hydroxylation is 2. The van der Waals surface area contributed by atoms with Crippen LogP contribution in [0, 0.1) is 13.8 Å². The number of fused-ring (bicyclic) bond motifs is 3. The van der Waals surface area contributed by atoms with Crippen LogP contribution in [0.4, 0.5) is 0 Å². The third-order valence-corrected chi connectivity index (χ3v) is 5.39. The van der Waals surface area contributed by atoms with Gasteiger partial charge in [0, 0.05) is 16.5 Å². The molecule has 0 aliphatic heterocycles. The van der Waals surface area contributed by atoms with E-state index in [0.29, 0.717) is 0 Å². The minimum Gasteiger partial charge on any atom is -0.309 e. The van der Waals surface area contributed by atoms with Crippen LogP contribution in [0.2, 0.25) is 0 Å². The van der Waals surface area contributed by atoms with E-state index in [1.807, 2.05) is 0 Å². The van der Waals surface area contributed by atoms with Gasteiger partial charge in [-0.2, -0.15) is 0 Å². The van der Waals surface area contributed by atoms with Crippen molar-refractivity contribution in [2.45, 2.75) is 13.8 Å². The fraction of sp³-hybridized carbons (Fsp3) is 0.0769. The van der Waals surface area contributed by atoms with E-state index in [0.717, 1.165) is 0 Å². The standard InChI is InChI=1S/C26H21N/c1-18-12-13-19(2)24(16-18)20-14-15-23-22-10-6-7-11-25(22)27(26(23)17-20)21-8-4-3-5-9-21/h3-17H,1-2H3. The monoisotopic (exact) mass is 347 g/mol. The highest BCUT2D eigenvalue weighted by atomic mass is 15.0. The minimum absolute atomic E-state index is 1.20. The topological polar surface area (TPSA) is 4.93 Å². The lowest BCUT2D eigenvalue weighted by Crippen LogP contribution is -1.93. The summed E-state index contributed by atoms with van der Waals surface area (Å²) in [6.45, 7) is 4.34. The van der Waals surface area contributed by atoms with Gasteiger partial charge in [-0.3, -0.25) is 0 Å². The summed E-state index contributed by atoms with van der Waals surface area (Å²) in [5, 5.41) is 2.59. The van der Waals surface area contributed by atoms with Crippen LogP contribution in [0.1, 0.15) is 11.1 Å². The molecule has 0 bridgehead atoms. The van der Waals surface area contributed by atoms with Crippen molar-refractivity contribution in [3.8, 4) is 16.8 Å². The van der Waals surface area contributed by atoms with E-state index >= 15 is 0 Å². The van der Waals surface area contributed by atoms with E-state index in [-0.39, 0.29) is 0 Å². The van der Waals surface area contributed by atoms with Gasteiger partial charge in [0.2, 0.25) is 0 Å². The molecule has 5 aromatic rings. The molecule has 0 radical (unpaired) electrons. The number of hydrogen-bond donors (Lipinski definition) is 0. The van der Waals surface area contributed by atoms with E-state index < -0.39 is 0 Å². The van der Waals surface area contributed by atoms with Gasteiger partial charge in [-0.05, 0) is 54.8 Å². The molecule has 4 aromatic carbocycles. The van der Waals surface area contributed by atoms with Gasteiger partial charge in [-0.15, -0.1) is 0 Å². The highest BCUT2D eigenvalue weighted by molar-refractivity contribution is 6.10. The summed E-state index contributed by atoms with van der Waals surface area (Å²) in [4.78, 5) is 0. The third-order valence-electron chi connectivity index (χ3n) is 5.39. The first-order chi connectivity index (χ1) is 13.2. The first-order valence-corrected chi connectivity index (χ1v) is 9.38. The third kappa shape index (κ3) is 2.55. The Labute approximate surface area is 159 Å². The lowest BCUT2D eigenvalue weighted by molar-refractivity contribution is 1.18. The molecule has 0 aliphatic rings. The van der Waals surface area contributed by atoms with Crippen molar-refractivity contribution in [2.75, 3.05) is 0 Å². The SMILES string of the molecule is Cc1ccc(C)c(-c2ccc3c4ccccc4n(-c4ccccc4)c3c2)c1. The average molecular weight is 347 g/mol. The summed E-state index contributed by atoms with van der Waals surface area (Å²) in [6.07, 6.45) is 0. The molecule has 0 atom stereocenters. The summed E-state index contributed by atoms with van der Waals surface area (Å²) >= 11 is 0. The Hall–Kier alpha value is -3.32. The molecule has 1 heteroatoms. The van der Waals surface area contributed by atoms with Crippen molar-refractivity contribution in [3.05, 3.63) is 102 Å². The van der Waals surface area contributed by atoms with Gasteiger partial charge in [0.25, 0.3) is 0 Å². The van der Waals surface area contributed by atoms with E-state index in [4.69, 9.17) is 0 Å². The van der Waals surface area contributed by atoms with Gasteiger partial charge < -0.3 is 4.57 Å². The number of rotatable bonds is 2. The van der Waals surface area contributed by atoms with Gasteiger partial charge in [-0.25, -0.2) is 0 Å². The summed E-state index contributed by atoms with van der Waals surface area (Å²) in [5.74, 6) is 0. The Bertz CT molecular complexity index is 1280. The molecular formula is C26H21N. The Balaban J connectivity index is 1.87. The summed E-state index contributed by atoms with van der Waals surface area (Å²) in [7, 11) is 0. The van der Waals surface area contributed by atoms with E-state index in [1.165, 1.54) is 49.7 Å². The molecule has 0 N–H and O–H groups in total. The quantitative estimate of drug-likeness (QED) is 0.322. The normalized spacial score (nSPS) is 11.3. The maximum atomic E-state index is 2.37. The number of hydrogen-bond acceptors (Lipinski definition) is 0. The van der Waals surface area contributed by atoms with Crippen LogP contribution < -0.4 is 0 Å². The maximum absolute atomic E-state index is 2.37. The summed E-state index contributed by atoms with van der Waals surface area (Å²) < 4.78 is 2.37. The zero-order valence-corrected chi connectivity index (χ0v) is 15.6. The van der Waals surface area contributed by atoms with Crippen molar-refractivity contribution >= 4 is 21.8 Å². The molecule has 130 valence electrons. The zero-order valence-electron chi connectivity index (χ0n) is 15.6. The van der Waals surface area contributed by atoms with Crippen molar-refractivity contribution in [3.63, 3.8) is 0 Å². The lowest BCUT2D eigenvalue weighted by Gasteiger charge is -2.10. The molecule has 0 saturated carbocycles. The Morgan fingerprint density at radius 2 is 1.33 bits per heavy atom. The molecule has 5 rings (SSSR count). The number of aromatic nitrogens is 1. The molecule has 0 unspecified atom stereocenters. The predicted molar refractivity (Wildman–Crippen MR) is 116 cm³/mol. The minimum atomic E-state index is 1.20. The lowest BCUT2D eigenvalue weighted by atomic mass is 9.97. The van der Waals surface area contributed by atoms with Crippen LogP contribution in [0.25, 0.3) is 38.6 Å². The van der Waals surface area contributed by atoms with Crippen LogP contribution in [0.15, 0.2) is 91.0 Å². The molecule has 0 fully saturated rings. The first-order valence-electron chi connectivity index (χ1n) is 9.38. The van der Waals surface area contributed by atoms with E-state index in [2.05, 4.69) is 109 Å². The number of nitrogens with zero attached hydrogens (tertiary/aromatic N) is 1. The zero-order chi connectivity index (χ0) is 18.4. The Morgan fingerprint density at radius 3 is 2.19 bits per heavy atom. The van der Waals surface area contributed by atoms with Crippen LogP contribution >= 0.6 is 0 Å². The largest absolute Gasteiger partial charge is 0.309 e. The van der Waals surface area contributed by atoms with Crippen LogP contribution in [-0.4, -0.2) is 4.57 Å². The second-order valence-corrected chi connectivity index (χ2v) is 7.24. The molecule has 0 amide bonds. The smallest absolute Gasteiger partial charge is 0.0547 e. The Kier molecular flexibility index (Phi) is 3.61. The highest BCUT2D eigenvalue weighted by Crippen LogP contribution is 2.35. The van der Waals surface area contributed by atoms with Gasteiger partial charge in [0.1, 0.15) is 0 Å². The van der Waals surface area contributed by atoms with Crippen molar-refractivity contribution in [1.29, 1.82) is 0 Å². The van der Waals surface area contributed by atoms with Crippen molar-refractivity contribution < 1.29 is 0 Å². The number of para-hydroxylation sites is 2. The maximum Gasteiger partial charge on any atom is 0.0547 e. The molecule has 1 nitrogen and oxygen atoms in total. The van der Waals surface area contributed by atoms with Gasteiger partial charge in [0.05, 0.1) is 11.0 Å². The summed E-state index contributed by atoms with van der Waals surface area (Å²) in [6, 6.07) is 32.8. The molecule has 1 heterocycles. The highest BCUT2D eigenvalue weighted by Gasteiger charge is 2.13. The second kappa shape index (κ2) is 6.14. The van der Waals surface area contributed by atoms with Gasteiger partial charge in [0.15, 0.2) is 0 Å². The number of benzene rings is 4. The Morgan fingerprint density at radius 1 is 0.593 bits per heavy atom. The van der Waals surface area contributed by atoms with Crippen LogP contribution in [0.3, 0.4) is 0 Å². The molecule has 1 aromatic heterocycles. The molecule has 27 heavy (non-hydrogen) atoms. The van der Waals surface area contributed by atoms with Crippen LogP contribution in [0.5, 0.6) is 0 Å². The van der Waals surface area contributed by atoms with Gasteiger partial charge >= 0.3 is 0 Å². The fourth-order valence-electron chi connectivity index (χ4n) is 4.04. The van der Waals surface area contributed by atoms with Crippen molar-refractivity contribution in [1.82, 2.24) is 4.57 Å². The predicted octanol–water partition coefficient (Wildman–Crippen LogP) is 7.07. The van der Waals surface area contributed by atoms with E-state index in [9.17, 15) is 0 Å².